The van der Waals surface area contributed by atoms with Gasteiger partial charge in [-0.2, -0.15) is 0 Å². The van der Waals surface area contributed by atoms with Crippen LogP contribution in [0.1, 0.15) is 24.8 Å². The van der Waals surface area contributed by atoms with Crippen LogP contribution in [-0.2, 0) is 16.2 Å². The van der Waals surface area contributed by atoms with Crippen molar-refractivity contribution in [3.05, 3.63) is 60.2 Å². The lowest BCUT2D eigenvalue weighted by Crippen LogP contribution is -2.39. The predicted molar refractivity (Wildman–Crippen MR) is 96.2 cm³/mol. The lowest BCUT2D eigenvalue weighted by molar-refractivity contribution is -0.129. The molecule has 0 radical (unpaired) electrons. The van der Waals surface area contributed by atoms with E-state index in [4.69, 9.17) is 4.74 Å². The molecule has 0 atom stereocenters. The van der Waals surface area contributed by atoms with Crippen LogP contribution >= 0.6 is 0 Å². The highest BCUT2D eigenvalue weighted by Gasteiger charge is 2.25. The van der Waals surface area contributed by atoms with Gasteiger partial charge >= 0.3 is 0 Å². The summed E-state index contributed by atoms with van der Waals surface area (Å²) in [7, 11) is 0. The molecule has 0 unspecified atom stereocenters. The summed E-state index contributed by atoms with van der Waals surface area (Å²) in [4.78, 5) is 23.6. The van der Waals surface area contributed by atoms with Gasteiger partial charge in [-0.3, -0.25) is 9.59 Å². The second kappa shape index (κ2) is 8.33. The van der Waals surface area contributed by atoms with Gasteiger partial charge in [0.15, 0.2) is 0 Å². The van der Waals surface area contributed by atoms with Crippen molar-refractivity contribution < 1.29 is 14.3 Å². The van der Waals surface area contributed by atoms with E-state index < -0.39 is 0 Å². The molecule has 1 aliphatic carbocycles. The molecule has 0 spiro atoms. The number of nitrogens with one attached hydrogen (secondary N) is 2. The third kappa shape index (κ3) is 5.08. The highest BCUT2D eigenvalue weighted by molar-refractivity contribution is 5.94. The third-order valence-corrected chi connectivity index (χ3v) is 4.29. The molecule has 25 heavy (non-hydrogen) atoms. The first kappa shape index (κ1) is 17.0. The van der Waals surface area contributed by atoms with Crippen LogP contribution in [0.5, 0.6) is 5.75 Å². The average molecular weight is 338 g/mol. The van der Waals surface area contributed by atoms with Crippen LogP contribution in [0.25, 0.3) is 0 Å². The zero-order chi connectivity index (χ0) is 17.5. The lowest BCUT2D eigenvalue weighted by Gasteiger charge is -2.23. The number of hydrogen-bond acceptors (Lipinski definition) is 3. The second-order valence-corrected chi connectivity index (χ2v) is 6.19. The maximum atomic E-state index is 11.9. The van der Waals surface area contributed by atoms with Crippen molar-refractivity contribution in [2.45, 2.75) is 25.9 Å². The predicted octanol–water partition coefficient (Wildman–Crippen LogP) is 3.12. The number of carbonyl (C=O) groups is 2. The maximum Gasteiger partial charge on any atom is 0.243 e. The van der Waals surface area contributed by atoms with E-state index in [1.54, 1.807) is 12.1 Å². The van der Waals surface area contributed by atoms with Crippen molar-refractivity contribution >= 4 is 17.5 Å². The molecule has 130 valence electrons. The molecule has 0 aliphatic heterocycles. The highest BCUT2D eigenvalue weighted by atomic mass is 16.5. The van der Waals surface area contributed by atoms with Gasteiger partial charge in [0.1, 0.15) is 12.4 Å². The summed E-state index contributed by atoms with van der Waals surface area (Å²) in [6.45, 7) is 0.501. The molecular formula is C20H22N2O3. The van der Waals surface area contributed by atoms with Gasteiger partial charge in [-0.1, -0.05) is 36.8 Å². The van der Waals surface area contributed by atoms with Crippen molar-refractivity contribution in [1.29, 1.82) is 0 Å². The molecular weight excluding hydrogens is 316 g/mol. The van der Waals surface area contributed by atoms with E-state index in [1.807, 2.05) is 42.5 Å². The van der Waals surface area contributed by atoms with E-state index in [0.717, 1.165) is 30.6 Å². The third-order valence-electron chi connectivity index (χ3n) is 4.29. The first-order valence-corrected chi connectivity index (χ1v) is 8.55. The molecule has 0 bridgehead atoms. The Balaban J connectivity index is 1.42. The minimum atomic E-state index is -0.231. The van der Waals surface area contributed by atoms with Crippen molar-refractivity contribution in [3.63, 3.8) is 0 Å². The Morgan fingerprint density at radius 1 is 1.00 bits per heavy atom. The van der Waals surface area contributed by atoms with Crippen LogP contribution in [0.3, 0.4) is 0 Å². The van der Waals surface area contributed by atoms with Crippen molar-refractivity contribution in [2.24, 2.45) is 5.92 Å². The number of amides is 2. The Morgan fingerprint density at radius 3 is 2.36 bits per heavy atom. The zero-order valence-electron chi connectivity index (χ0n) is 14.0. The summed E-state index contributed by atoms with van der Waals surface area (Å²) >= 11 is 0. The van der Waals surface area contributed by atoms with Gasteiger partial charge in [-0.25, -0.2) is 0 Å². The fourth-order valence-corrected chi connectivity index (χ4v) is 2.56. The normalized spacial score (nSPS) is 13.6. The van der Waals surface area contributed by atoms with E-state index in [9.17, 15) is 9.59 Å². The van der Waals surface area contributed by atoms with Gasteiger partial charge in [0.2, 0.25) is 11.8 Å². The van der Waals surface area contributed by atoms with Crippen LogP contribution in [0.2, 0.25) is 0 Å². The number of benzene rings is 2. The molecule has 2 aromatic rings. The number of hydrogen-bond donors (Lipinski definition) is 2. The summed E-state index contributed by atoms with van der Waals surface area (Å²) in [5, 5.41) is 5.44. The first-order chi connectivity index (χ1) is 12.2. The molecule has 0 saturated heterocycles. The molecule has 1 fully saturated rings. The van der Waals surface area contributed by atoms with Crippen LogP contribution in [0, 0.1) is 5.92 Å². The van der Waals surface area contributed by atoms with Gasteiger partial charge in [-0.15, -0.1) is 0 Å². The van der Waals surface area contributed by atoms with Crippen molar-refractivity contribution in [2.75, 3.05) is 11.9 Å². The van der Waals surface area contributed by atoms with Crippen molar-refractivity contribution in [1.82, 2.24) is 5.32 Å². The Morgan fingerprint density at radius 2 is 1.72 bits per heavy atom. The van der Waals surface area contributed by atoms with Crippen LogP contribution in [-0.4, -0.2) is 18.4 Å². The van der Waals surface area contributed by atoms with E-state index in [0.29, 0.717) is 12.3 Å². The maximum absolute atomic E-state index is 11.9. The summed E-state index contributed by atoms with van der Waals surface area (Å²) in [6.07, 6.45) is 2.96. The largest absolute Gasteiger partial charge is 0.489 e. The molecule has 0 heterocycles. The molecule has 1 saturated carbocycles. The second-order valence-electron chi connectivity index (χ2n) is 6.19. The first-order valence-electron chi connectivity index (χ1n) is 8.55. The van der Waals surface area contributed by atoms with Crippen LogP contribution in [0.4, 0.5) is 5.69 Å². The fraction of sp³-hybridized carbons (Fsp3) is 0.300. The van der Waals surface area contributed by atoms with Gasteiger partial charge in [-0.05, 0) is 42.7 Å². The van der Waals surface area contributed by atoms with E-state index in [-0.39, 0.29) is 24.3 Å². The van der Waals surface area contributed by atoms with E-state index in [2.05, 4.69) is 10.6 Å². The Labute approximate surface area is 147 Å². The molecule has 0 aromatic heterocycles. The van der Waals surface area contributed by atoms with E-state index in [1.165, 1.54) is 0 Å². The molecule has 1 aliphatic rings. The highest BCUT2D eigenvalue weighted by Crippen LogP contribution is 2.26. The quantitative estimate of drug-likeness (QED) is 0.815. The van der Waals surface area contributed by atoms with Crippen LogP contribution < -0.4 is 15.4 Å². The van der Waals surface area contributed by atoms with Gasteiger partial charge in [0.25, 0.3) is 0 Å². The molecule has 5 nitrogen and oxygen atoms in total. The van der Waals surface area contributed by atoms with E-state index >= 15 is 0 Å². The topological polar surface area (TPSA) is 67.4 Å². The molecule has 2 N–H and O–H groups in total. The molecule has 3 rings (SSSR count). The average Bonchev–Trinajstić information content (AvgIpc) is 2.59. The fourth-order valence-electron chi connectivity index (χ4n) is 2.56. The summed E-state index contributed by atoms with van der Waals surface area (Å²) in [5.41, 5.74) is 1.78. The summed E-state index contributed by atoms with van der Waals surface area (Å²) in [6, 6.07) is 17.1. The smallest absolute Gasteiger partial charge is 0.243 e. The molecule has 2 amide bonds. The number of anilines is 1. The number of carbonyl (C=O) groups excluding carboxylic acids is 2. The number of rotatable bonds is 7. The summed E-state index contributed by atoms with van der Waals surface area (Å²) in [5.74, 6) is 0.575. The Hall–Kier alpha value is -2.82. The zero-order valence-corrected chi connectivity index (χ0v) is 14.0. The monoisotopic (exact) mass is 338 g/mol. The van der Waals surface area contributed by atoms with Crippen molar-refractivity contribution in [3.8, 4) is 5.75 Å². The molecule has 5 heteroatoms. The Kier molecular flexibility index (Phi) is 5.67. The van der Waals surface area contributed by atoms with Gasteiger partial charge < -0.3 is 15.4 Å². The number of ether oxygens (including phenoxy) is 1. The Bertz CT molecular complexity index is 709. The minimum absolute atomic E-state index is 0.00158. The van der Waals surface area contributed by atoms with Crippen LogP contribution in [0.15, 0.2) is 54.6 Å². The summed E-state index contributed by atoms with van der Waals surface area (Å²) < 4.78 is 5.71. The lowest BCUT2D eigenvalue weighted by atomic mass is 9.85. The van der Waals surface area contributed by atoms with Gasteiger partial charge in [0.05, 0.1) is 6.54 Å². The standard InChI is InChI=1S/C20H22N2O3/c23-19(13-21-20(24)16-7-4-8-16)22-17-9-11-18(12-10-17)25-14-15-5-2-1-3-6-15/h1-3,5-6,9-12,16H,4,7-8,13-14H2,(H,21,24)(H,22,23). The SMILES string of the molecule is O=C(CNC(=O)C1CCC1)Nc1ccc(OCc2ccccc2)cc1. The van der Waals surface area contributed by atoms with Gasteiger partial charge in [0, 0.05) is 11.6 Å². The minimum Gasteiger partial charge on any atom is -0.489 e. The molecule has 2 aromatic carbocycles.